The Morgan fingerprint density at radius 1 is 1.00 bits per heavy atom. The average Bonchev–Trinajstić information content (AvgIpc) is 2.65. The van der Waals surface area contributed by atoms with Gasteiger partial charge in [0, 0.05) is 4.90 Å². The molecule has 26 heavy (non-hydrogen) atoms. The number of carbonyl (C=O) groups is 2. The summed E-state index contributed by atoms with van der Waals surface area (Å²) in [7, 11) is 1.46. The highest BCUT2D eigenvalue weighted by Crippen LogP contribution is 2.26. The molecule has 0 bridgehead atoms. The lowest BCUT2D eigenvalue weighted by atomic mass is 10.1. The maximum absolute atomic E-state index is 11.9. The van der Waals surface area contributed by atoms with Crippen LogP contribution in [0.1, 0.15) is 17.5 Å². The fourth-order valence-corrected chi connectivity index (χ4v) is 2.60. The van der Waals surface area contributed by atoms with Crippen molar-refractivity contribution in [1.29, 1.82) is 0 Å². The molecule has 4 nitrogen and oxygen atoms in total. The molecule has 0 atom stereocenters. The maximum Gasteiger partial charge on any atom is 0.163 e. The number of allylic oxidation sites excluding steroid dienone is 2. The summed E-state index contributed by atoms with van der Waals surface area (Å²) in [6, 6.07) is 12.6. The molecule has 0 saturated carbocycles. The fraction of sp³-hybridized carbons (Fsp3) is 0.143. The number of carbonyl (C=O) groups excluding carboxylic acids is 2. The van der Waals surface area contributed by atoms with Gasteiger partial charge in [-0.25, -0.2) is 0 Å². The standard InChI is InChI=1S/C21H20O4S/c1-25-21-12-7-16(13-20(21)24)4-9-18(23)14-17(22)8-3-15-5-10-19(26-2)11-6-15/h3-13,24H,14H2,1-2H3/b8-3+,9-4+. The quantitative estimate of drug-likeness (QED) is 0.426. The topological polar surface area (TPSA) is 63.6 Å². The van der Waals surface area contributed by atoms with Crippen molar-refractivity contribution in [1.82, 2.24) is 0 Å². The van der Waals surface area contributed by atoms with Gasteiger partial charge in [0.05, 0.1) is 13.5 Å². The lowest BCUT2D eigenvalue weighted by Crippen LogP contribution is -2.01. The first kappa shape index (κ1) is 19.5. The Kier molecular flexibility index (Phi) is 7.24. The molecule has 2 aromatic carbocycles. The van der Waals surface area contributed by atoms with E-state index < -0.39 is 0 Å². The number of hydrogen-bond acceptors (Lipinski definition) is 5. The molecular formula is C21H20O4S. The van der Waals surface area contributed by atoms with Gasteiger partial charge in [0.1, 0.15) is 0 Å². The Hall–Kier alpha value is -2.79. The number of ketones is 2. The molecule has 1 N–H and O–H groups in total. The molecule has 134 valence electrons. The number of methoxy groups -OCH3 is 1. The van der Waals surface area contributed by atoms with Crippen LogP contribution in [0.25, 0.3) is 12.2 Å². The molecule has 0 saturated heterocycles. The number of thioether (sulfide) groups is 1. The van der Waals surface area contributed by atoms with Crippen LogP contribution in [0, 0.1) is 0 Å². The van der Waals surface area contributed by atoms with Crippen LogP contribution in [0.15, 0.2) is 59.5 Å². The van der Waals surface area contributed by atoms with Gasteiger partial charge in [-0.1, -0.05) is 30.4 Å². The van der Waals surface area contributed by atoms with Crippen LogP contribution in [0.4, 0.5) is 0 Å². The first-order valence-electron chi connectivity index (χ1n) is 7.94. The molecule has 0 spiro atoms. The van der Waals surface area contributed by atoms with Crippen molar-refractivity contribution in [3.63, 3.8) is 0 Å². The highest BCUT2D eigenvalue weighted by Gasteiger charge is 2.05. The molecule has 2 aromatic rings. The summed E-state index contributed by atoms with van der Waals surface area (Å²) in [6.45, 7) is 0. The molecule has 0 aromatic heterocycles. The monoisotopic (exact) mass is 368 g/mol. The van der Waals surface area contributed by atoms with E-state index >= 15 is 0 Å². The predicted molar refractivity (Wildman–Crippen MR) is 106 cm³/mol. The molecule has 2 rings (SSSR count). The number of benzene rings is 2. The summed E-state index contributed by atoms with van der Waals surface area (Å²) < 4.78 is 4.96. The van der Waals surface area contributed by atoms with E-state index in [0.717, 1.165) is 10.5 Å². The Labute approximate surface area is 157 Å². The minimum Gasteiger partial charge on any atom is -0.504 e. The number of phenols is 1. The molecule has 0 radical (unpaired) electrons. The molecule has 0 unspecified atom stereocenters. The van der Waals surface area contributed by atoms with Crippen molar-refractivity contribution in [2.45, 2.75) is 11.3 Å². The van der Waals surface area contributed by atoms with Gasteiger partial charge in [0.25, 0.3) is 0 Å². The minimum absolute atomic E-state index is 0.00593. The SMILES string of the molecule is COc1ccc(/C=C/C(=O)CC(=O)/C=C/c2ccc(SC)cc2)cc1O. The second kappa shape index (κ2) is 9.63. The van der Waals surface area contributed by atoms with Crippen LogP contribution in [0.5, 0.6) is 11.5 Å². The molecule has 0 heterocycles. The van der Waals surface area contributed by atoms with Crippen LogP contribution >= 0.6 is 11.8 Å². The zero-order valence-corrected chi connectivity index (χ0v) is 15.5. The van der Waals surface area contributed by atoms with Crippen molar-refractivity contribution in [2.75, 3.05) is 13.4 Å². The van der Waals surface area contributed by atoms with Crippen molar-refractivity contribution in [2.24, 2.45) is 0 Å². The lowest BCUT2D eigenvalue weighted by molar-refractivity contribution is -0.121. The van der Waals surface area contributed by atoms with Gasteiger partial charge < -0.3 is 9.84 Å². The molecular weight excluding hydrogens is 348 g/mol. The molecule has 5 heteroatoms. The van der Waals surface area contributed by atoms with Crippen LogP contribution in [0.2, 0.25) is 0 Å². The average molecular weight is 368 g/mol. The van der Waals surface area contributed by atoms with E-state index in [2.05, 4.69) is 0 Å². The summed E-state index contributed by atoms with van der Waals surface area (Å²) in [5, 5.41) is 9.70. The summed E-state index contributed by atoms with van der Waals surface area (Å²) >= 11 is 1.65. The highest BCUT2D eigenvalue weighted by atomic mass is 32.2. The summed E-state index contributed by atoms with van der Waals surface area (Å²) in [5.41, 5.74) is 1.56. The molecule has 0 amide bonds. The molecule has 0 aliphatic heterocycles. The zero-order chi connectivity index (χ0) is 18.9. The van der Waals surface area contributed by atoms with Gasteiger partial charge in [-0.05, 0) is 53.8 Å². The van der Waals surface area contributed by atoms with Crippen molar-refractivity contribution in [3.05, 3.63) is 65.7 Å². The van der Waals surface area contributed by atoms with Crippen LogP contribution in [-0.2, 0) is 9.59 Å². The third-order valence-corrected chi connectivity index (χ3v) is 4.33. The van der Waals surface area contributed by atoms with Gasteiger partial charge in [-0.2, -0.15) is 0 Å². The second-order valence-corrected chi connectivity index (χ2v) is 6.36. The first-order valence-corrected chi connectivity index (χ1v) is 9.17. The first-order chi connectivity index (χ1) is 12.5. The third kappa shape index (κ3) is 5.93. The van der Waals surface area contributed by atoms with E-state index in [9.17, 15) is 14.7 Å². The van der Waals surface area contributed by atoms with Crippen molar-refractivity contribution >= 4 is 35.5 Å². The zero-order valence-electron chi connectivity index (χ0n) is 14.6. The predicted octanol–water partition coefficient (Wildman–Crippen LogP) is 4.38. The van der Waals surface area contributed by atoms with Gasteiger partial charge in [-0.15, -0.1) is 11.8 Å². The van der Waals surface area contributed by atoms with E-state index in [1.165, 1.54) is 25.3 Å². The lowest BCUT2D eigenvalue weighted by Gasteiger charge is -2.03. The summed E-state index contributed by atoms with van der Waals surface area (Å²) in [4.78, 5) is 24.9. The van der Waals surface area contributed by atoms with Gasteiger partial charge in [-0.3, -0.25) is 9.59 Å². The Balaban J connectivity index is 1.90. The van der Waals surface area contributed by atoms with Crippen LogP contribution < -0.4 is 4.74 Å². The number of phenolic OH excluding ortho intramolecular Hbond substituents is 1. The Morgan fingerprint density at radius 2 is 1.58 bits per heavy atom. The number of aromatic hydroxyl groups is 1. The third-order valence-electron chi connectivity index (χ3n) is 3.59. The number of hydrogen-bond donors (Lipinski definition) is 1. The summed E-state index contributed by atoms with van der Waals surface area (Å²) in [6.07, 6.45) is 7.81. The van der Waals surface area contributed by atoms with E-state index in [-0.39, 0.29) is 23.7 Å². The largest absolute Gasteiger partial charge is 0.504 e. The molecule has 0 fully saturated rings. The smallest absolute Gasteiger partial charge is 0.163 e. The summed E-state index contributed by atoms with van der Waals surface area (Å²) in [5.74, 6) is -0.202. The second-order valence-electron chi connectivity index (χ2n) is 5.48. The fourth-order valence-electron chi connectivity index (χ4n) is 2.19. The number of rotatable bonds is 8. The van der Waals surface area contributed by atoms with Gasteiger partial charge in [0.2, 0.25) is 0 Å². The minimum atomic E-state index is -0.298. The van der Waals surface area contributed by atoms with E-state index in [4.69, 9.17) is 4.74 Å². The molecule has 0 aliphatic rings. The van der Waals surface area contributed by atoms with Crippen LogP contribution in [0.3, 0.4) is 0 Å². The normalized spacial score (nSPS) is 11.2. The van der Waals surface area contributed by atoms with E-state index in [1.807, 2.05) is 30.5 Å². The highest BCUT2D eigenvalue weighted by molar-refractivity contribution is 7.98. The maximum atomic E-state index is 11.9. The van der Waals surface area contributed by atoms with Crippen molar-refractivity contribution in [3.8, 4) is 11.5 Å². The Morgan fingerprint density at radius 3 is 2.12 bits per heavy atom. The number of ether oxygens (including phenoxy) is 1. The van der Waals surface area contributed by atoms with Crippen molar-refractivity contribution < 1.29 is 19.4 Å². The van der Waals surface area contributed by atoms with E-state index in [1.54, 1.807) is 36.0 Å². The van der Waals surface area contributed by atoms with Gasteiger partial charge >= 0.3 is 0 Å². The van der Waals surface area contributed by atoms with Gasteiger partial charge in [0.15, 0.2) is 23.1 Å². The van der Waals surface area contributed by atoms with Crippen LogP contribution in [-0.4, -0.2) is 30.0 Å². The Bertz CT molecular complexity index is 836. The van der Waals surface area contributed by atoms with E-state index in [0.29, 0.717) is 11.3 Å². The molecule has 0 aliphatic carbocycles.